The van der Waals surface area contributed by atoms with Gasteiger partial charge in [0, 0.05) is 37.9 Å². The molecule has 0 aliphatic rings. The van der Waals surface area contributed by atoms with Crippen LogP contribution in [0.2, 0.25) is 0 Å². The Balaban J connectivity index is 1.66. The molecule has 0 atom stereocenters. The van der Waals surface area contributed by atoms with E-state index in [-0.39, 0.29) is 0 Å². The number of fused-ring (bicyclic) bond motifs is 1. The number of hydrogen-bond acceptors (Lipinski definition) is 3. The van der Waals surface area contributed by atoms with E-state index in [1.807, 2.05) is 37.6 Å². The lowest BCUT2D eigenvalue weighted by Gasteiger charge is -2.21. The summed E-state index contributed by atoms with van der Waals surface area (Å²) < 4.78 is 5.93. The Morgan fingerprint density at radius 2 is 2.12 bits per heavy atom. The summed E-state index contributed by atoms with van der Waals surface area (Å²) in [5.41, 5.74) is 3.42. The lowest BCUT2D eigenvalue weighted by Crippen LogP contribution is -2.38. The molecule has 2 aromatic heterocycles. The van der Waals surface area contributed by atoms with Crippen LogP contribution in [0.4, 0.5) is 0 Å². The van der Waals surface area contributed by atoms with Gasteiger partial charge in [0.1, 0.15) is 11.3 Å². The van der Waals surface area contributed by atoms with Gasteiger partial charge >= 0.3 is 0 Å². The lowest BCUT2D eigenvalue weighted by atomic mass is 10.1. The number of guanidine groups is 1. The molecule has 0 fully saturated rings. The van der Waals surface area contributed by atoms with Crippen molar-refractivity contribution < 1.29 is 4.42 Å². The minimum atomic E-state index is 0.675. The monoisotopic (exact) mass is 350 g/mol. The first-order valence-electron chi connectivity index (χ1n) is 9.03. The molecule has 1 N–H and O–H groups in total. The summed E-state index contributed by atoms with van der Waals surface area (Å²) in [6.07, 6.45) is 4.64. The van der Waals surface area contributed by atoms with Crippen molar-refractivity contribution in [1.29, 1.82) is 0 Å². The van der Waals surface area contributed by atoms with Gasteiger partial charge in [-0.15, -0.1) is 0 Å². The molecular formula is C21H26N4O. The molecule has 136 valence electrons. The average Bonchev–Trinajstić information content (AvgIpc) is 3.04. The molecule has 1 aromatic carbocycles. The summed E-state index contributed by atoms with van der Waals surface area (Å²) in [7, 11) is 2.03. The molecule has 0 unspecified atom stereocenters. The van der Waals surface area contributed by atoms with E-state index in [9.17, 15) is 0 Å². The van der Waals surface area contributed by atoms with Crippen LogP contribution in [-0.2, 0) is 13.0 Å². The number of rotatable bonds is 6. The minimum absolute atomic E-state index is 0.675. The number of nitrogens with zero attached hydrogens (tertiary/aromatic N) is 3. The number of hydrogen-bond donors (Lipinski definition) is 1. The lowest BCUT2D eigenvalue weighted by molar-refractivity contribution is 0.412. The molecule has 0 bridgehead atoms. The van der Waals surface area contributed by atoms with Crippen molar-refractivity contribution in [2.24, 2.45) is 4.99 Å². The molecule has 0 spiro atoms. The Morgan fingerprint density at radius 3 is 2.88 bits per heavy atom. The van der Waals surface area contributed by atoms with Crippen LogP contribution in [0.25, 0.3) is 11.0 Å². The second-order valence-electron chi connectivity index (χ2n) is 6.39. The number of para-hydroxylation sites is 1. The van der Waals surface area contributed by atoms with Crippen molar-refractivity contribution in [2.75, 3.05) is 20.1 Å². The zero-order valence-electron chi connectivity index (χ0n) is 15.7. The topological polar surface area (TPSA) is 53.7 Å². The maximum absolute atomic E-state index is 5.93. The summed E-state index contributed by atoms with van der Waals surface area (Å²) in [6, 6.07) is 12.2. The molecule has 5 nitrogen and oxygen atoms in total. The highest BCUT2D eigenvalue weighted by atomic mass is 16.3. The quantitative estimate of drug-likeness (QED) is 0.543. The third kappa shape index (κ3) is 4.42. The van der Waals surface area contributed by atoms with Crippen LogP contribution in [0.3, 0.4) is 0 Å². The first-order chi connectivity index (χ1) is 12.7. The van der Waals surface area contributed by atoms with E-state index in [0.29, 0.717) is 6.54 Å². The van der Waals surface area contributed by atoms with Crippen LogP contribution in [0.1, 0.15) is 23.8 Å². The van der Waals surface area contributed by atoms with E-state index in [1.54, 1.807) is 0 Å². The normalized spacial score (nSPS) is 11.7. The summed E-state index contributed by atoms with van der Waals surface area (Å²) in [5.74, 6) is 1.82. The van der Waals surface area contributed by atoms with Gasteiger partial charge in [0.15, 0.2) is 5.96 Å². The van der Waals surface area contributed by atoms with E-state index >= 15 is 0 Å². The Morgan fingerprint density at radius 1 is 1.27 bits per heavy atom. The number of pyridine rings is 1. The highest BCUT2D eigenvalue weighted by Gasteiger charge is 2.10. The number of furan rings is 1. The van der Waals surface area contributed by atoms with E-state index in [0.717, 1.165) is 42.2 Å². The molecule has 0 saturated heterocycles. The number of aryl methyl sites for hydroxylation is 1. The van der Waals surface area contributed by atoms with E-state index in [4.69, 9.17) is 9.41 Å². The fourth-order valence-corrected chi connectivity index (χ4v) is 2.96. The van der Waals surface area contributed by atoms with Crippen LogP contribution < -0.4 is 5.32 Å². The standard InChI is InChI=1S/C21H26N4O/c1-4-23-21(24-12-10-17-9-11-22-14-16(17)2)25(3)15-19-13-18-7-5-6-8-20(18)26-19/h5-9,11,13-14H,4,10,12,15H2,1-3H3,(H,23,24). The zero-order chi connectivity index (χ0) is 18.4. The third-order valence-electron chi connectivity index (χ3n) is 4.35. The molecule has 0 radical (unpaired) electrons. The van der Waals surface area contributed by atoms with Gasteiger partial charge in [-0.05, 0) is 49.6 Å². The Labute approximate surface area is 154 Å². The number of nitrogens with one attached hydrogen (secondary N) is 1. The van der Waals surface area contributed by atoms with Crippen molar-refractivity contribution in [3.05, 3.63) is 65.7 Å². The van der Waals surface area contributed by atoms with Gasteiger partial charge in [0.05, 0.1) is 6.54 Å². The zero-order valence-corrected chi connectivity index (χ0v) is 15.7. The van der Waals surface area contributed by atoms with Crippen molar-refractivity contribution in [3.8, 4) is 0 Å². The summed E-state index contributed by atoms with van der Waals surface area (Å²) in [5, 5.41) is 4.49. The highest BCUT2D eigenvalue weighted by molar-refractivity contribution is 5.80. The fraction of sp³-hybridized carbons (Fsp3) is 0.333. The Bertz CT molecular complexity index is 851. The molecule has 3 aromatic rings. The highest BCUT2D eigenvalue weighted by Crippen LogP contribution is 2.19. The number of benzene rings is 1. The smallest absolute Gasteiger partial charge is 0.194 e. The maximum atomic E-state index is 5.93. The first-order valence-corrected chi connectivity index (χ1v) is 9.03. The second-order valence-corrected chi connectivity index (χ2v) is 6.39. The SMILES string of the molecule is CCNC(=NCCc1ccncc1C)N(C)Cc1cc2ccccc2o1. The molecule has 0 aliphatic heterocycles. The van der Waals surface area contributed by atoms with Crippen LogP contribution in [0, 0.1) is 6.92 Å². The van der Waals surface area contributed by atoms with Crippen LogP contribution in [-0.4, -0.2) is 36.0 Å². The average molecular weight is 350 g/mol. The minimum Gasteiger partial charge on any atom is -0.459 e. The molecule has 0 amide bonds. The van der Waals surface area contributed by atoms with E-state index in [2.05, 4.69) is 47.2 Å². The maximum Gasteiger partial charge on any atom is 0.194 e. The molecule has 5 heteroatoms. The van der Waals surface area contributed by atoms with Crippen LogP contribution in [0.15, 0.2) is 58.2 Å². The van der Waals surface area contributed by atoms with Crippen molar-refractivity contribution in [1.82, 2.24) is 15.2 Å². The van der Waals surface area contributed by atoms with E-state index < -0.39 is 0 Å². The fourth-order valence-electron chi connectivity index (χ4n) is 2.96. The molecule has 3 rings (SSSR count). The second kappa shape index (κ2) is 8.52. The number of aromatic nitrogens is 1. The Kier molecular flexibility index (Phi) is 5.89. The van der Waals surface area contributed by atoms with Crippen LogP contribution >= 0.6 is 0 Å². The van der Waals surface area contributed by atoms with Crippen molar-refractivity contribution in [2.45, 2.75) is 26.8 Å². The van der Waals surface area contributed by atoms with Gasteiger partial charge in [0.25, 0.3) is 0 Å². The van der Waals surface area contributed by atoms with E-state index in [1.165, 1.54) is 11.1 Å². The molecule has 0 saturated carbocycles. The summed E-state index contributed by atoms with van der Waals surface area (Å²) in [6.45, 7) is 6.41. The Hall–Kier alpha value is -2.82. The van der Waals surface area contributed by atoms with Gasteiger partial charge in [0.2, 0.25) is 0 Å². The van der Waals surface area contributed by atoms with Gasteiger partial charge in [-0.1, -0.05) is 18.2 Å². The van der Waals surface area contributed by atoms with Gasteiger partial charge in [-0.3, -0.25) is 9.98 Å². The predicted molar refractivity (Wildman–Crippen MR) is 106 cm³/mol. The van der Waals surface area contributed by atoms with Crippen molar-refractivity contribution in [3.63, 3.8) is 0 Å². The van der Waals surface area contributed by atoms with Gasteiger partial charge in [-0.25, -0.2) is 0 Å². The molecule has 26 heavy (non-hydrogen) atoms. The molecular weight excluding hydrogens is 324 g/mol. The third-order valence-corrected chi connectivity index (χ3v) is 4.35. The van der Waals surface area contributed by atoms with Gasteiger partial charge < -0.3 is 14.6 Å². The van der Waals surface area contributed by atoms with Gasteiger partial charge in [-0.2, -0.15) is 0 Å². The van der Waals surface area contributed by atoms with Crippen molar-refractivity contribution >= 4 is 16.9 Å². The first kappa shape index (κ1) is 18.0. The summed E-state index contributed by atoms with van der Waals surface area (Å²) >= 11 is 0. The predicted octanol–water partition coefficient (Wildman–Crippen LogP) is 3.78. The number of aliphatic imine (C=N–C) groups is 1. The summed E-state index contributed by atoms with van der Waals surface area (Å²) in [4.78, 5) is 11.0. The largest absolute Gasteiger partial charge is 0.459 e. The van der Waals surface area contributed by atoms with Crippen LogP contribution in [0.5, 0.6) is 0 Å². The molecule has 0 aliphatic carbocycles. The molecule has 2 heterocycles.